The molecule has 1 aromatic carbocycles. The molecule has 1 aliphatic carbocycles. The molecule has 2 rings (SSSR count). The van der Waals surface area contributed by atoms with Crippen LogP contribution in [0.2, 0.25) is 0 Å². The summed E-state index contributed by atoms with van der Waals surface area (Å²) in [6, 6.07) is 6.79. The van der Waals surface area contributed by atoms with Crippen molar-refractivity contribution >= 4 is 11.6 Å². The number of aryl methyl sites for hydroxylation is 2. The molecule has 1 aromatic rings. The van der Waals surface area contributed by atoms with Crippen LogP contribution in [-0.2, 0) is 0 Å². The van der Waals surface area contributed by atoms with Gasteiger partial charge in [-0.05, 0) is 37.8 Å². The van der Waals surface area contributed by atoms with Crippen LogP contribution >= 0.6 is 11.6 Å². The Morgan fingerprint density at radius 1 is 1.06 bits per heavy atom. The van der Waals surface area contributed by atoms with E-state index >= 15 is 0 Å². The van der Waals surface area contributed by atoms with Gasteiger partial charge < -0.3 is 0 Å². The topological polar surface area (TPSA) is 0 Å². The third-order valence-electron chi connectivity index (χ3n) is 3.76. The fourth-order valence-corrected chi connectivity index (χ4v) is 3.27. The number of alkyl halides is 1. The Morgan fingerprint density at radius 2 is 1.81 bits per heavy atom. The zero-order valence-electron chi connectivity index (χ0n) is 10.3. The van der Waals surface area contributed by atoms with Crippen LogP contribution in [0.15, 0.2) is 18.2 Å². The van der Waals surface area contributed by atoms with Crippen molar-refractivity contribution in [2.24, 2.45) is 0 Å². The van der Waals surface area contributed by atoms with Crippen molar-refractivity contribution < 1.29 is 0 Å². The lowest BCUT2D eigenvalue weighted by atomic mass is 9.88. The summed E-state index contributed by atoms with van der Waals surface area (Å²) < 4.78 is 0. The van der Waals surface area contributed by atoms with Gasteiger partial charge in [0.1, 0.15) is 0 Å². The minimum Gasteiger partial charge on any atom is -0.122 e. The minimum atomic E-state index is 0.337. The first kappa shape index (κ1) is 12.0. The molecule has 0 aromatic heterocycles. The molecule has 0 heterocycles. The van der Waals surface area contributed by atoms with Crippen molar-refractivity contribution in [1.82, 2.24) is 0 Å². The quantitative estimate of drug-likeness (QED) is 0.478. The largest absolute Gasteiger partial charge is 0.122 e. The third kappa shape index (κ3) is 2.60. The van der Waals surface area contributed by atoms with Gasteiger partial charge in [0.05, 0.1) is 0 Å². The van der Waals surface area contributed by atoms with E-state index in [1.54, 1.807) is 0 Å². The molecule has 0 amide bonds. The van der Waals surface area contributed by atoms with Crippen molar-refractivity contribution in [3.63, 3.8) is 0 Å². The fraction of sp³-hybridized carbons (Fsp3) is 0.600. The predicted molar refractivity (Wildman–Crippen MR) is 71.4 cm³/mol. The molecule has 16 heavy (non-hydrogen) atoms. The maximum absolute atomic E-state index is 6.53. The first-order valence-corrected chi connectivity index (χ1v) is 6.83. The second kappa shape index (κ2) is 5.23. The molecular weight excluding hydrogens is 216 g/mol. The summed E-state index contributed by atoms with van der Waals surface area (Å²) in [6.45, 7) is 4.37. The van der Waals surface area contributed by atoms with Crippen LogP contribution in [-0.4, -0.2) is 5.38 Å². The lowest BCUT2D eigenvalue weighted by Crippen LogP contribution is -2.12. The molecule has 0 nitrogen and oxygen atoms in total. The fourth-order valence-electron chi connectivity index (χ4n) is 2.85. The maximum atomic E-state index is 6.53. The summed E-state index contributed by atoms with van der Waals surface area (Å²) in [5, 5.41) is 0.337. The Labute approximate surface area is 104 Å². The Hall–Kier alpha value is -0.490. The van der Waals surface area contributed by atoms with Crippen molar-refractivity contribution in [2.75, 3.05) is 0 Å². The van der Waals surface area contributed by atoms with Crippen molar-refractivity contribution in [1.29, 1.82) is 0 Å². The lowest BCUT2D eigenvalue weighted by molar-refractivity contribution is 0.597. The number of benzene rings is 1. The maximum Gasteiger partial charge on any atom is 0.0404 e. The van der Waals surface area contributed by atoms with E-state index in [4.69, 9.17) is 11.6 Å². The van der Waals surface area contributed by atoms with Gasteiger partial charge in [-0.1, -0.05) is 43.0 Å². The monoisotopic (exact) mass is 236 g/mol. The SMILES string of the molecule is Cc1ccc(C2CCCCCC2Cl)c(C)c1. The van der Waals surface area contributed by atoms with Crippen LogP contribution in [0.25, 0.3) is 0 Å². The van der Waals surface area contributed by atoms with Crippen molar-refractivity contribution in [2.45, 2.75) is 57.2 Å². The molecule has 2 atom stereocenters. The van der Waals surface area contributed by atoms with Crippen molar-refractivity contribution in [3.05, 3.63) is 34.9 Å². The summed E-state index contributed by atoms with van der Waals surface area (Å²) in [6.07, 6.45) is 6.43. The van der Waals surface area contributed by atoms with Gasteiger partial charge in [0.15, 0.2) is 0 Å². The van der Waals surface area contributed by atoms with E-state index in [2.05, 4.69) is 32.0 Å². The van der Waals surface area contributed by atoms with E-state index in [1.165, 1.54) is 48.8 Å². The van der Waals surface area contributed by atoms with Crippen molar-refractivity contribution in [3.8, 4) is 0 Å². The summed E-state index contributed by atoms with van der Waals surface area (Å²) in [5.41, 5.74) is 4.24. The van der Waals surface area contributed by atoms with Crippen LogP contribution in [0.3, 0.4) is 0 Å². The molecule has 88 valence electrons. The molecule has 1 heteroatoms. The zero-order valence-corrected chi connectivity index (χ0v) is 11.1. The molecule has 0 N–H and O–H groups in total. The van der Waals surface area contributed by atoms with Crippen LogP contribution < -0.4 is 0 Å². The van der Waals surface area contributed by atoms with Crippen LogP contribution in [0.1, 0.15) is 54.7 Å². The van der Waals surface area contributed by atoms with E-state index in [9.17, 15) is 0 Å². The average Bonchev–Trinajstić information content (AvgIpc) is 2.44. The van der Waals surface area contributed by atoms with Crippen LogP contribution in [0.4, 0.5) is 0 Å². The molecule has 0 spiro atoms. The van der Waals surface area contributed by atoms with Gasteiger partial charge in [-0.15, -0.1) is 11.6 Å². The van der Waals surface area contributed by atoms with E-state index in [0.29, 0.717) is 11.3 Å². The second-order valence-electron chi connectivity index (χ2n) is 5.12. The Morgan fingerprint density at radius 3 is 2.56 bits per heavy atom. The summed E-state index contributed by atoms with van der Waals surface area (Å²) >= 11 is 6.53. The van der Waals surface area contributed by atoms with Crippen LogP contribution in [0, 0.1) is 13.8 Å². The second-order valence-corrected chi connectivity index (χ2v) is 5.68. The van der Waals surface area contributed by atoms with Crippen LogP contribution in [0.5, 0.6) is 0 Å². The Balaban J connectivity index is 2.27. The number of hydrogen-bond acceptors (Lipinski definition) is 0. The highest BCUT2D eigenvalue weighted by Gasteiger charge is 2.24. The Kier molecular flexibility index (Phi) is 3.91. The standard InChI is InChI=1S/C15H21Cl/c1-11-8-9-13(12(2)10-11)14-6-4-3-5-7-15(14)16/h8-10,14-15H,3-7H2,1-2H3. The van der Waals surface area contributed by atoms with Gasteiger partial charge in [-0.2, -0.15) is 0 Å². The number of halogens is 1. The summed E-state index contributed by atoms with van der Waals surface area (Å²) in [7, 11) is 0. The highest BCUT2D eigenvalue weighted by Crippen LogP contribution is 2.36. The first-order chi connectivity index (χ1) is 7.68. The molecule has 0 saturated heterocycles. The Bertz CT molecular complexity index is 356. The average molecular weight is 237 g/mol. The molecule has 0 bridgehead atoms. The van der Waals surface area contributed by atoms with E-state index < -0.39 is 0 Å². The first-order valence-electron chi connectivity index (χ1n) is 6.39. The van der Waals surface area contributed by atoms with Gasteiger partial charge >= 0.3 is 0 Å². The van der Waals surface area contributed by atoms with E-state index in [1.807, 2.05) is 0 Å². The molecule has 1 saturated carbocycles. The van der Waals surface area contributed by atoms with Gasteiger partial charge in [0, 0.05) is 11.3 Å². The molecule has 1 fully saturated rings. The zero-order chi connectivity index (χ0) is 11.5. The smallest absolute Gasteiger partial charge is 0.0404 e. The normalized spacial score (nSPS) is 26.4. The van der Waals surface area contributed by atoms with E-state index in [-0.39, 0.29) is 0 Å². The van der Waals surface area contributed by atoms with Gasteiger partial charge in [0.2, 0.25) is 0 Å². The van der Waals surface area contributed by atoms with Gasteiger partial charge in [-0.3, -0.25) is 0 Å². The molecule has 0 radical (unpaired) electrons. The number of hydrogen-bond donors (Lipinski definition) is 0. The molecule has 2 unspecified atom stereocenters. The molecule has 1 aliphatic rings. The predicted octanol–water partition coefficient (Wildman–Crippen LogP) is 4.96. The lowest BCUT2D eigenvalue weighted by Gasteiger charge is -2.22. The number of rotatable bonds is 1. The van der Waals surface area contributed by atoms with Gasteiger partial charge in [-0.25, -0.2) is 0 Å². The highest BCUT2D eigenvalue weighted by atomic mass is 35.5. The summed E-state index contributed by atoms with van der Waals surface area (Å²) in [5.74, 6) is 0.574. The van der Waals surface area contributed by atoms with Gasteiger partial charge in [0.25, 0.3) is 0 Å². The third-order valence-corrected chi connectivity index (χ3v) is 4.28. The molecule has 0 aliphatic heterocycles. The highest BCUT2D eigenvalue weighted by molar-refractivity contribution is 6.21. The summed E-state index contributed by atoms with van der Waals surface area (Å²) in [4.78, 5) is 0. The van der Waals surface area contributed by atoms with E-state index in [0.717, 1.165) is 0 Å². The minimum absolute atomic E-state index is 0.337. The molecular formula is C15H21Cl.